The number of nitrogens with zero attached hydrogens (tertiary/aromatic N) is 2. The van der Waals surface area contributed by atoms with Crippen LogP contribution < -0.4 is 10.6 Å². The average molecular weight is 352 g/mol. The molecule has 0 spiro atoms. The highest BCUT2D eigenvalue weighted by Gasteiger charge is 2.29. The van der Waals surface area contributed by atoms with Crippen LogP contribution in [0, 0.1) is 6.92 Å². The summed E-state index contributed by atoms with van der Waals surface area (Å²) in [4.78, 5) is 41.4. The number of carbonyl (C=O) groups is 3. The molecule has 3 rings (SSSR count). The number of rotatable bonds is 5. The van der Waals surface area contributed by atoms with Gasteiger partial charge in [0.2, 0.25) is 11.8 Å². The molecule has 0 atom stereocenters. The predicted molar refractivity (Wildman–Crippen MR) is 96.1 cm³/mol. The number of aryl methyl sites for hydroxylation is 1. The van der Waals surface area contributed by atoms with E-state index in [4.69, 9.17) is 0 Å². The zero-order chi connectivity index (χ0) is 18.5. The van der Waals surface area contributed by atoms with Crippen molar-refractivity contribution in [1.29, 1.82) is 0 Å². The first-order valence-electron chi connectivity index (χ1n) is 8.41. The smallest absolute Gasteiger partial charge is 0.319 e. The van der Waals surface area contributed by atoms with Crippen LogP contribution >= 0.6 is 0 Å². The van der Waals surface area contributed by atoms with Gasteiger partial charge in [0, 0.05) is 24.2 Å². The van der Waals surface area contributed by atoms with Crippen molar-refractivity contribution in [2.24, 2.45) is 0 Å². The number of para-hydroxylation sites is 1. The van der Waals surface area contributed by atoms with Crippen molar-refractivity contribution in [2.75, 3.05) is 5.32 Å². The van der Waals surface area contributed by atoms with E-state index in [-0.39, 0.29) is 37.2 Å². The van der Waals surface area contributed by atoms with Gasteiger partial charge >= 0.3 is 6.03 Å². The molecule has 1 fully saturated rings. The van der Waals surface area contributed by atoms with E-state index < -0.39 is 0 Å². The highest BCUT2D eigenvalue weighted by Crippen LogP contribution is 2.21. The minimum Gasteiger partial charge on any atom is -0.332 e. The van der Waals surface area contributed by atoms with E-state index in [1.54, 1.807) is 24.3 Å². The summed E-state index contributed by atoms with van der Waals surface area (Å²) in [7, 11) is 0. The van der Waals surface area contributed by atoms with Crippen LogP contribution in [0.25, 0.3) is 0 Å². The van der Waals surface area contributed by atoms with Crippen molar-refractivity contribution >= 4 is 23.5 Å². The molecule has 1 aromatic heterocycles. The van der Waals surface area contributed by atoms with Crippen molar-refractivity contribution < 1.29 is 14.4 Å². The van der Waals surface area contributed by atoms with Crippen molar-refractivity contribution in [2.45, 2.75) is 32.9 Å². The van der Waals surface area contributed by atoms with E-state index in [9.17, 15) is 14.4 Å². The lowest BCUT2D eigenvalue weighted by Gasteiger charge is -2.17. The fourth-order valence-corrected chi connectivity index (χ4v) is 2.78. The monoisotopic (exact) mass is 352 g/mol. The number of amides is 4. The van der Waals surface area contributed by atoms with Crippen LogP contribution in [0.1, 0.15) is 29.8 Å². The second-order valence-corrected chi connectivity index (χ2v) is 6.11. The Bertz CT molecular complexity index is 834. The fourth-order valence-electron chi connectivity index (χ4n) is 2.78. The van der Waals surface area contributed by atoms with Gasteiger partial charge in [-0.25, -0.2) is 4.79 Å². The Morgan fingerprint density at radius 2 is 1.81 bits per heavy atom. The first-order valence-corrected chi connectivity index (χ1v) is 8.41. The predicted octanol–water partition coefficient (Wildman–Crippen LogP) is 2.36. The minimum atomic E-state index is -0.375. The summed E-state index contributed by atoms with van der Waals surface area (Å²) in [5.74, 6) is -0.362. The molecule has 2 N–H and O–H groups in total. The second kappa shape index (κ2) is 7.77. The van der Waals surface area contributed by atoms with Gasteiger partial charge in [-0.15, -0.1) is 0 Å². The third kappa shape index (κ3) is 4.24. The molecule has 0 aliphatic carbocycles. The molecule has 1 aromatic carbocycles. The highest BCUT2D eigenvalue weighted by molar-refractivity contribution is 6.02. The molecule has 2 heterocycles. The molecule has 134 valence electrons. The topological polar surface area (TPSA) is 91.4 Å². The first kappa shape index (κ1) is 17.6. The average Bonchev–Trinajstić information content (AvgIpc) is 2.94. The van der Waals surface area contributed by atoms with Crippen LogP contribution in [0.15, 0.2) is 42.5 Å². The third-order valence-electron chi connectivity index (χ3n) is 4.12. The number of anilines is 1. The Morgan fingerprint density at radius 3 is 2.54 bits per heavy atom. The summed E-state index contributed by atoms with van der Waals surface area (Å²) >= 11 is 0. The van der Waals surface area contributed by atoms with E-state index in [1.165, 1.54) is 4.90 Å². The lowest BCUT2D eigenvalue weighted by atomic mass is 10.1. The molecule has 26 heavy (non-hydrogen) atoms. The Morgan fingerprint density at radius 1 is 1.08 bits per heavy atom. The van der Waals surface area contributed by atoms with Gasteiger partial charge in [-0.2, -0.15) is 0 Å². The van der Waals surface area contributed by atoms with Crippen LogP contribution in [0.3, 0.4) is 0 Å². The SMILES string of the molecule is Cc1cccc(CNC(=O)Nc2ccccc2CN2C(=O)CCC2=O)n1. The molecular weight excluding hydrogens is 332 g/mol. The molecule has 1 aliphatic rings. The van der Waals surface area contributed by atoms with E-state index in [0.29, 0.717) is 17.8 Å². The van der Waals surface area contributed by atoms with Gasteiger partial charge in [-0.3, -0.25) is 19.5 Å². The normalized spacial score (nSPS) is 13.8. The van der Waals surface area contributed by atoms with Crippen molar-refractivity contribution in [3.05, 3.63) is 59.4 Å². The minimum absolute atomic E-state index is 0.160. The zero-order valence-electron chi connectivity index (χ0n) is 14.5. The zero-order valence-corrected chi connectivity index (χ0v) is 14.5. The standard InChI is InChI=1S/C19H20N4O3/c1-13-5-4-7-15(21-13)11-20-19(26)22-16-8-3-2-6-14(16)12-23-17(24)9-10-18(23)25/h2-8H,9-12H2,1H3,(H2,20,22,26). The molecule has 0 unspecified atom stereocenters. The number of imide groups is 1. The molecule has 7 nitrogen and oxygen atoms in total. The van der Waals surface area contributed by atoms with Gasteiger partial charge in [-0.1, -0.05) is 24.3 Å². The number of hydrogen-bond acceptors (Lipinski definition) is 4. The summed E-state index contributed by atoms with van der Waals surface area (Å²) in [6, 6.07) is 12.4. The molecule has 4 amide bonds. The largest absolute Gasteiger partial charge is 0.332 e. The lowest BCUT2D eigenvalue weighted by molar-refractivity contribution is -0.139. The van der Waals surface area contributed by atoms with Gasteiger partial charge < -0.3 is 10.6 Å². The lowest BCUT2D eigenvalue weighted by Crippen LogP contribution is -2.31. The van der Waals surface area contributed by atoms with Crippen molar-refractivity contribution in [3.63, 3.8) is 0 Å². The number of urea groups is 1. The molecule has 1 saturated heterocycles. The molecule has 0 bridgehead atoms. The van der Waals surface area contributed by atoms with Crippen molar-refractivity contribution in [1.82, 2.24) is 15.2 Å². The second-order valence-electron chi connectivity index (χ2n) is 6.11. The van der Waals surface area contributed by atoms with Crippen LogP contribution in [0.2, 0.25) is 0 Å². The van der Waals surface area contributed by atoms with Gasteiger partial charge in [0.15, 0.2) is 0 Å². The number of aromatic nitrogens is 1. The van der Waals surface area contributed by atoms with Gasteiger partial charge in [0.25, 0.3) is 0 Å². The number of likely N-dealkylation sites (tertiary alicyclic amines) is 1. The number of carbonyl (C=O) groups excluding carboxylic acids is 3. The Hall–Kier alpha value is -3.22. The summed E-state index contributed by atoms with van der Waals surface area (Å²) in [6.07, 6.45) is 0.497. The Balaban J connectivity index is 1.63. The quantitative estimate of drug-likeness (QED) is 0.808. The van der Waals surface area contributed by atoms with Crippen LogP contribution in [0.4, 0.5) is 10.5 Å². The van der Waals surface area contributed by atoms with Crippen molar-refractivity contribution in [3.8, 4) is 0 Å². The molecule has 1 aliphatic heterocycles. The van der Waals surface area contributed by atoms with Gasteiger partial charge in [-0.05, 0) is 30.7 Å². The maximum absolute atomic E-state index is 12.2. The summed E-state index contributed by atoms with van der Waals surface area (Å²) in [5.41, 5.74) is 2.92. The molecule has 0 radical (unpaired) electrons. The summed E-state index contributed by atoms with van der Waals surface area (Å²) < 4.78 is 0. The maximum atomic E-state index is 12.2. The van der Waals surface area contributed by atoms with Crippen LogP contribution in [-0.4, -0.2) is 27.7 Å². The molecular formula is C19H20N4O3. The molecule has 7 heteroatoms. The molecule has 0 saturated carbocycles. The van der Waals surface area contributed by atoms with Crippen LogP contribution in [0.5, 0.6) is 0 Å². The maximum Gasteiger partial charge on any atom is 0.319 e. The van der Waals surface area contributed by atoms with E-state index in [2.05, 4.69) is 15.6 Å². The summed E-state index contributed by atoms with van der Waals surface area (Å²) in [5, 5.41) is 5.52. The van der Waals surface area contributed by atoms with Crippen LogP contribution in [-0.2, 0) is 22.7 Å². The number of benzene rings is 1. The van der Waals surface area contributed by atoms with E-state index in [1.807, 2.05) is 25.1 Å². The fraction of sp³-hybridized carbons (Fsp3) is 0.263. The van der Waals surface area contributed by atoms with Gasteiger partial charge in [0.1, 0.15) is 0 Å². The number of hydrogen-bond donors (Lipinski definition) is 2. The van der Waals surface area contributed by atoms with E-state index >= 15 is 0 Å². The summed E-state index contributed by atoms with van der Waals surface area (Å²) in [6.45, 7) is 2.35. The van der Waals surface area contributed by atoms with Gasteiger partial charge in [0.05, 0.1) is 18.8 Å². The first-order chi connectivity index (χ1) is 12.5. The Kier molecular flexibility index (Phi) is 5.26. The highest BCUT2D eigenvalue weighted by atomic mass is 16.2. The number of pyridine rings is 1. The van der Waals surface area contributed by atoms with E-state index in [0.717, 1.165) is 11.4 Å². The third-order valence-corrected chi connectivity index (χ3v) is 4.12. The Labute approximate surface area is 151 Å². The number of nitrogens with one attached hydrogen (secondary N) is 2. The molecule has 2 aromatic rings.